The Morgan fingerprint density at radius 1 is 1.08 bits per heavy atom. The van der Waals surface area contributed by atoms with Gasteiger partial charge in [-0.15, -0.1) is 0 Å². The summed E-state index contributed by atoms with van der Waals surface area (Å²) < 4.78 is 66.5. The Kier molecular flexibility index (Phi) is 9.59. The van der Waals surface area contributed by atoms with Gasteiger partial charge in [0.25, 0.3) is 5.69 Å². The number of nitro benzene ring substituents is 1. The number of anilines is 4. The molecule has 0 radical (unpaired) electrons. The van der Waals surface area contributed by atoms with Gasteiger partial charge in [0, 0.05) is 38.0 Å². The third-order valence-corrected chi connectivity index (χ3v) is 8.17. The summed E-state index contributed by atoms with van der Waals surface area (Å²) in [6.07, 6.45) is 0.818. The van der Waals surface area contributed by atoms with Crippen LogP contribution in [0.25, 0.3) is 11.0 Å². The number of methoxy groups -OCH3 is 2. The summed E-state index contributed by atoms with van der Waals surface area (Å²) >= 11 is 0. The lowest BCUT2D eigenvalue weighted by molar-refractivity contribution is -0.383. The number of benzene rings is 2. The van der Waals surface area contributed by atoms with E-state index in [4.69, 9.17) is 18.6 Å². The maximum absolute atomic E-state index is 15.5. The summed E-state index contributed by atoms with van der Waals surface area (Å²) in [5, 5.41) is 15.1. The molecule has 1 saturated heterocycles. The molecule has 0 unspecified atom stereocenters. The molecule has 5 rings (SSSR count). The first-order chi connectivity index (χ1) is 23.4. The van der Waals surface area contributed by atoms with E-state index < -0.39 is 62.5 Å². The van der Waals surface area contributed by atoms with Gasteiger partial charge in [-0.05, 0) is 58.7 Å². The number of nitro groups is 1. The van der Waals surface area contributed by atoms with E-state index in [1.54, 1.807) is 26.8 Å². The van der Waals surface area contributed by atoms with E-state index in [0.717, 1.165) is 25.2 Å². The summed E-state index contributed by atoms with van der Waals surface area (Å²) in [5.74, 6) is -5.51. The molecule has 50 heavy (non-hydrogen) atoms. The summed E-state index contributed by atoms with van der Waals surface area (Å²) in [4.78, 5) is 45.8. The Bertz CT molecular complexity index is 1950. The van der Waals surface area contributed by atoms with Crippen molar-refractivity contribution in [3.05, 3.63) is 69.6 Å². The number of halogens is 3. The number of rotatable bonds is 9. The summed E-state index contributed by atoms with van der Waals surface area (Å²) in [5.41, 5.74) is -3.29. The molecule has 1 aliphatic heterocycles. The van der Waals surface area contributed by atoms with E-state index in [2.05, 4.69) is 10.3 Å². The van der Waals surface area contributed by atoms with Crippen LogP contribution in [0.4, 0.5) is 46.5 Å². The topological polar surface area (TPSA) is 150 Å². The molecular weight excluding hydrogens is 663 g/mol. The van der Waals surface area contributed by atoms with Crippen LogP contribution in [0.2, 0.25) is 0 Å². The van der Waals surface area contributed by atoms with Gasteiger partial charge >= 0.3 is 6.09 Å². The maximum Gasteiger partial charge on any atom is 0.414 e. The van der Waals surface area contributed by atoms with Crippen LogP contribution in [0.1, 0.15) is 56.7 Å². The highest BCUT2D eigenvalue weighted by atomic mass is 19.1. The van der Waals surface area contributed by atoms with Crippen molar-refractivity contribution in [1.82, 2.24) is 4.98 Å². The molecule has 16 heteroatoms. The van der Waals surface area contributed by atoms with E-state index in [9.17, 15) is 24.1 Å². The normalized spacial score (nSPS) is 14.3. The van der Waals surface area contributed by atoms with E-state index >= 15 is 8.78 Å². The van der Waals surface area contributed by atoms with E-state index in [1.807, 2.05) is 4.90 Å². The van der Waals surface area contributed by atoms with Gasteiger partial charge in [-0.2, -0.15) is 0 Å². The number of fused-ring (bicyclic) bond motifs is 1. The Morgan fingerprint density at radius 2 is 1.70 bits per heavy atom. The standard InChI is InChI=1S/C34H36F3N5O8/c1-33(2,3)50-32(44)40(5)29-19-15-25(39-20-9-8-18(14-21(20)42(45)46)41-12-10-34(4,37)11-13-41)38-17-24(19)49-31(29)30(43)26-27(35)22(47-6)16-23(48-7)28(26)36/h8-9,14-17H,10-13H2,1-7H3,(H,38,39). The number of pyridine rings is 1. The number of carbonyl (C=O) groups is 2. The highest BCUT2D eigenvalue weighted by molar-refractivity contribution is 6.17. The second-order valence-electron chi connectivity index (χ2n) is 13.0. The zero-order valence-electron chi connectivity index (χ0n) is 28.5. The Morgan fingerprint density at radius 3 is 2.26 bits per heavy atom. The highest BCUT2D eigenvalue weighted by Gasteiger charge is 2.35. The van der Waals surface area contributed by atoms with Crippen molar-refractivity contribution >= 4 is 51.4 Å². The van der Waals surface area contributed by atoms with Crippen LogP contribution in [-0.4, -0.2) is 67.4 Å². The van der Waals surface area contributed by atoms with Crippen LogP contribution in [0.15, 0.2) is 40.9 Å². The van der Waals surface area contributed by atoms with Crippen molar-refractivity contribution in [3.63, 3.8) is 0 Å². The maximum atomic E-state index is 15.5. The fourth-order valence-electron chi connectivity index (χ4n) is 5.51. The lowest BCUT2D eigenvalue weighted by atomic mass is 9.95. The first-order valence-corrected chi connectivity index (χ1v) is 15.5. The Labute approximate surface area is 285 Å². The van der Waals surface area contributed by atoms with Crippen molar-refractivity contribution < 1.29 is 46.3 Å². The number of ketones is 1. The van der Waals surface area contributed by atoms with Crippen molar-refractivity contribution in [2.45, 2.75) is 51.8 Å². The molecule has 3 heterocycles. The lowest BCUT2D eigenvalue weighted by Gasteiger charge is -2.35. The first kappa shape index (κ1) is 35.8. The Balaban J connectivity index is 1.60. The summed E-state index contributed by atoms with van der Waals surface area (Å²) in [7, 11) is 3.52. The third-order valence-electron chi connectivity index (χ3n) is 8.17. The van der Waals surface area contributed by atoms with Gasteiger partial charge in [-0.25, -0.2) is 22.9 Å². The lowest BCUT2D eigenvalue weighted by Crippen LogP contribution is -2.40. The fraction of sp³-hybridized carbons (Fsp3) is 0.382. The van der Waals surface area contributed by atoms with E-state index in [-0.39, 0.29) is 46.7 Å². The fourth-order valence-corrected chi connectivity index (χ4v) is 5.51. The smallest absolute Gasteiger partial charge is 0.414 e. The SMILES string of the molecule is COc1cc(OC)c(F)c(C(=O)c2oc3cnc(Nc4ccc(N5CCC(C)(F)CC5)cc4[N+](=O)[O-])cc3c2N(C)C(=O)OC(C)(C)C)c1F. The average molecular weight is 700 g/mol. The van der Waals surface area contributed by atoms with Crippen molar-refractivity contribution in [2.75, 3.05) is 49.5 Å². The molecular formula is C34H36F3N5O8. The molecule has 266 valence electrons. The minimum absolute atomic E-state index is 0.0403. The minimum Gasteiger partial charge on any atom is -0.494 e. The number of nitrogens with zero attached hydrogens (tertiary/aromatic N) is 4. The minimum atomic E-state index is -1.33. The van der Waals surface area contributed by atoms with Crippen LogP contribution in [0.3, 0.4) is 0 Å². The van der Waals surface area contributed by atoms with E-state index in [1.165, 1.54) is 38.4 Å². The monoisotopic (exact) mass is 699 g/mol. The number of nitrogens with one attached hydrogen (secondary N) is 1. The molecule has 0 spiro atoms. The van der Waals surface area contributed by atoms with Crippen LogP contribution in [0, 0.1) is 21.7 Å². The molecule has 1 fully saturated rings. The molecule has 4 aromatic rings. The van der Waals surface area contributed by atoms with E-state index in [0.29, 0.717) is 18.8 Å². The number of alkyl halides is 1. The van der Waals surface area contributed by atoms with Crippen LogP contribution >= 0.6 is 0 Å². The predicted molar refractivity (Wildman–Crippen MR) is 179 cm³/mol. The number of hydrogen-bond acceptors (Lipinski definition) is 11. The number of furan rings is 1. The van der Waals surface area contributed by atoms with Crippen molar-refractivity contribution in [1.29, 1.82) is 0 Å². The zero-order valence-corrected chi connectivity index (χ0v) is 28.5. The number of hydrogen-bond donors (Lipinski definition) is 1. The third kappa shape index (κ3) is 7.09. The number of ether oxygens (including phenoxy) is 3. The molecule has 2 aromatic heterocycles. The van der Waals surface area contributed by atoms with Gasteiger partial charge in [0.1, 0.15) is 34.0 Å². The van der Waals surface area contributed by atoms with Gasteiger partial charge in [0.05, 0.1) is 30.7 Å². The van der Waals surface area contributed by atoms with Gasteiger partial charge < -0.3 is 28.8 Å². The summed E-state index contributed by atoms with van der Waals surface area (Å²) in [6.45, 7) is 7.19. The molecule has 0 atom stereocenters. The summed E-state index contributed by atoms with van der Waals surface area (Å²) in [6, 6.07) is 6.82. The molecule has 13 nitrogen and oxygen atoms in total. The molecule has 0 aliphatic carbocycles. The van der Waals surface area contributed by atoms with Crippen LogP contribution < -0.4 is 24.6 Å². The largest absolute Gasteiger partial charge is 0.494 e. The molecule has 1 N–H and O–H groups in total. The molecule has 2 aromatic carbocycles. The second kappa shape index (κ2) is 13.4. The van der Waals surface area contributed by atoms with Crippen molar-refractivity contribution in [3.8, 4) is 11.5 Å². The number of carbonyl (C=O) groups excluding carboxylic acids is 2. The molecule has 1 amide bonds. The van der Waals surface area contributed by atoms with Crippen LogP contribution in [-0.2, 0) is 4.74 Å². The molecule has 0 saturated carbocycles. The second-order valence-corrected chi connectivity index (χ2v) is 13.0. The number of amides is 1. The molecule has 0 bridgehead atoms. The van der Waals surface area contributed by atoms with Crippen molar-refractivity contribution in [2.24, 2.45) is 0 Å². The average Bonchev–Trinajstić information content (AvgIpc) is 3.42. The van der Waals surface area contributed by atoms with Gasteiger partial charge in [-0.1, -0.05) is 0 Å². The van der Waals surface area contributed by atoms with Crippen LogP contribution in [0.5, 0.6) is 11.5 Å². The zero-order chi connectivity index (χ0) is 36.7. The number of piperidine rings is 1. The first-order valence-electron chi connectivity index (χ1n) is 15.5. The number of aromatic nitrogens is 1. The molecule has 1 aliphatic rings. The van der Waals surface area contributed by atoms with Gasteiger partial charge in [0.2, 0.25) is 5.78 Å². The van der Waals surface area contributed by atoms with Gasteiger partial charge in [0.15, 0.2) is 34.5 Å². The predicted octanol–water partition coefficient (Wildman–Crippen LogP) is 7.71. The van der Waals surface area contributed by atoms with Gasteiger partial charge in [-0.3, -0.25) is 19.8 Å². The Hall–Kier alpha value is -5.54. The quantitative estimate of drug-likeness (QED) is 0.104. The highest BCUT2D eigenvalue weighted by Crippen LogP contribution is 2.41.